The summed E-state index contributed by atoms with van der Waals surface area (Å²) in [6.45, 7) is 4.36. The average Bonchev–Trinajstić information content (AvgIpc) is 2.59. The van der Waals surface area contributed by atoms with Crippen molar-refractivity contribution in [3.8, 4) is 0 Å². The topological polar surface area (TPSA) is 29.0 Å². The number of hydrogen-bond donors (Lipinski definition) is 0. The van der Waals surface area contributed by atoms with E-state index in [1.165, 1.54) is 0 Å². The molecule has 0 aliphatic carbocycles. The van der Waals surface area contributed by atoms with Crippen molar-refractivity contribution < 1.29 is 0 Å². The van der Waals surface area contributed by atoms with Crippen LogP contribution in [0.2, 0.25) is 0 Å². The molecule has 1 aromatic heterocycles. The van der Waals surface area contributed by atoms with Crippen LogP contribution in [0.4, 0.5) is 5.82 Å². The van der Waals surface area contributed by atoms with Crippen molar-refractivity contribution in [2.75, 3.05) is 24.2 Å². The minimum Gasteiger partial charge on any atom is -0.355 e. The fourth-order valence-electron chi connectivity index (χ4n) is 1.73. The molecule has 1 aliphatic rings. The standard InChI is InChI=1S/C10H14BrN3S/c1-7-4-14(5-8(7)11)9-3-10(15-2)13-6-12-9/h3,6-8H,4-5H2,1-2H3. The maximum Gasteiger partial charge on any atom is 0.133 e. The third kappa shape index (κ3) is 2.45. The molecule has 3 nitrogen and oxygen atoms in total. The van der Waals surface area contributed by atoms with E-state index >= 15 is 0 Å². The zero-order chi connectivity index (χ0) is 10.8. The number of anilines is 1. The smallest absolute Gasteiger partial charge is 0.133 e. The summed E-state index contributed by atoms with van der Waals surface area (Å²) in [7, 11) is 0. The summed E-state index contributed by atoms with van der Waals surface area (Å²) in [5, 5.41) is 1.03. The number of rotatable bonds is 2. The van der Waals surface area contributed by atoms with Crippen molar-refractivity contribution in [3.05, 3.63) is 12.4 Å². The van der Waals surface area contributed by atoms with Crippen LogP contribution in [0.15, 0.2) is 17.4 Å². The van der Waals surface area contributed by atoms with Gasteiger partial charge in [0.1, 0.15) is 17.2 Å². The van der Waals surface area contributed by atoms with E-state index < -0.39 is 0 Å². The van der Waals surface area contributed by atoms with Gasteiger partial charge in [0.05, 0.1) is 0 Å². The Labute approximate surface area is 103 Å². The first-order chi connectivity index (χ1) is 7.20. The van der Waals surface area contributed by atoms with E-state index in [9.17, 15) is 0 Å². The Kier molecular flexibility index (Phi) is 3.51. The molecule has 5 heteroatoms. The summed E-state index contributed by atoms with van der Waals surface area (Å²) in [6, 6.07) is 2.06. The van der Waals surface area contributed by atoms with Gasteiger partial charge in [0.25, 0.3) is 0 Å². The maximum absolute atomic E-state index is 4.32. The second-order valence-electron chi connectivity index (χ2n) is 3.82. The van der Waals surface area contributed by atoms with Crippen molar-refractivity contribution in [3.63, 3.8) is 0 Å². The van der Waals surface area contributed by atoms with Gasteiger partial charge in [-0.05, 0) is 12.2 Å². The lowest BCUT2D eigenvalue weighted by atomic mass is 10.2. The fraction of sp³-hybridized carbons (Fsp3) is 0.600. The van der Waals surface area contributed by atoms with Crippen LogP contribution in [0.1, 0.15) is 6.92 Å². The van der Waals surface area contributed by atoms with E-state index in [1.807, 2.05) is 6.26 Å². The lowest BCUT2D eigenvalue weighted by molar-refractivity contribution is 0.678. The SMILES string of the molecule is CSc1cc(N2CC(C)C(Br)C2)ncn1. The normalized spacial score (nSPS) is 25.9. The minimum absolute atomic E-state index is 0.574. The highest BCUT2D eigenvalue weighted by molar-refractivity contribution is 9.09. The third-order valence-corrected chi connectivity index (χ3v) is 4.51. The minimum atomic E-state index is 0.574. The Morgan fingerprint density at radius 3 is 2.87 bits per heavy atom. The molecule has 0 bridgehead atoms. The summed E-state index contributed by atoms with van der Waals surface area (Å²) in [5.41, 5.74) is 0. The molecule has 0 saturated carbocycles. The van der Waals surface area contributed by atoms with E-state index in [0.717, 1.165) is 23.9 Å². The van der Waals surface area contributed by atoms with Gasteiger partial charge in [0.15, 0.2) is 0 Å². The molecule has 2 atom stereocenters. The highest BCUT2D eigenvalue weighted by Gasteiger charge is 2.28. The van der Waals surface area contributed by atoms with Crippen LogP contribution >= 0.6 is 27.7 Å². The average molecular weight is 288 g/mol. The van der Waals surface area contributed by atoms with E-state index in [-0.39, 0.29) is 0 Å². The number of aromatic nitrogens is 2. The molecule has 2 heterocycles. The molecule has 0 spiro atoms. The zero-order valence-corrected chi connectivity index (χ0v) is 11.3. The van der Waals surface area contributed by atoms with Crippen molar-refractivity contribution in [1.82, 2.24) is 9.97 Å². The molecule has 1 aliphatic heterocycles. The molecule has 0 N–H and O–H groups in total. The quantitative estimate of drug-likeness (QED) is 0.475. The molecule has 2 rings (SSSR count). The molecule has 0 aromatic carbocycles. The van der Waals surface area contributed by atoms with Crippen LogP contribution in [-0.4, -0.2) is 34.1 Å². The van der Waals surface area contributed by atoms with Gasteiger partial charge in [-0.25, -0.2) is 9.97 Å². The maximum atomic E-state index is 4.32. The first-order valence-corrected chi connectivity index (χ1v) is 7.10. The van der Waals surface area contributed by atoms with Crippen LogP contribution in [0.25, 0.3) is 0 Å². The number of nitrogens with zero attached hydrogens (tertiary/aromatic N) is 3. The van der Waals surface area contributed by atoms with E-state index in [4.69, 9.17) is 0 Å². The number of alkyl halides is 1. The van der Waals surface area contributed by atoms with Crippen LogP contribution in [-0.2, 0) is 0 Å². The molecule has 1 saturated heterocycles. The van der Waals surface area contributed by atoms with Gasteiger partial charge in [0, 0.05) is 24.0 Å². The fourth-order valence-corrected chi connectivity index (χ4v) is 2.62. The Morgan fingerprint density at radius 2 is 2.27 bits per heavy atom. The highest BCUT2D eigenvalue weighted by Crippen LogP contribution is 2.27. The zero-order valence-electron chi connectivity index (χ0n) is 8.85. The Morgan fingerprint density at radius 1 is 1.47 bits per heavy atom. The lowest BCUT2D eigenvalue weighted by Gasteiger charge is -2.16. The molecule has 2 unspecified atom stereocenters. The predicted octanol–water partition coefficient (Wildman–Crippen LogP) is 2.42. The van der Waals surface area contributed by atoms with Crippen molar-refractivity contribution in [2.45, 2.75) is 16.8 Å². The summed E-state index contributed by atoms with van der Waals surface area (Å²) in [5.74, 6) is 1.72. The van der Waals surface area contributed by atoms with Gasteiger partial charge in [-0.3, -0.25) is 0 Å². The van der Waals surface area contributed by atoms with Gasteiger partial charge in [-0.1, -0.05) is 22.9 Å². The molecule has 1 fully saturated rings. The largest absolute Gasteiger partial charge is 0.355 e. The molecular weight excluding hydrogens is 274 g/mol. The summed E-state index contributed by atoms with van der Waals surface area (Å²) in [6.07, 6.45) is 3.68. The van der Waals surface area contributed by atoms with Gasteiger partial charge in [0.2, 0.25) is 0 Å². The number of thioether (sulfide) groups is 1. The van der Waals surface area contributed by atoms with E-state index in [2.05, 4.69) is 43.8 Å². The van der Waals surface area contributed by atoms with Crippen molar-refractivity contribution >= 4 is 33.5 Å². The van der Waals surface area contributed by atoms with E-state index in [0.29, 0.717) is 10.7 Å². The number of hydrogen-bond acceptors (Lipinski definition) is 4. The monoisotopic (exact) mass is 287 g/mol. The van der Waals surface area contributed by atoms with Crippen molar-refractivity contribution in [1.29, 1.82) is 0 Å². The van der Waals surface area contributed by atoms with Gasteiger partial charge in [-0.15, -0.1) is 11.8 Å². The first kappa shape index (κ1) is 11.2. The van der Waals surface area contributed by atoms with Gasteiger partial charge in [-0.2, -0.15) is 0 Å². The van der Waals surface area contributed by atoms with E-state index in [1.54, 1.807) is 18.1 Å². The van der Waals surface area contributed by atoms with Crippen LogP contribution in [0.3, 0.4) is 0 Å². The number of halogens is 1. The van der Waals surface area contributed by atoms with Crippen LogP contribution in [0, 0.1) is 5.92 Å². The molecular formula is C10H14BrN3S. The third-order valence-electron chi connectivity index (χ3n) is 2.68. The van der Waals surface area contributed by atoms with Gasteiger partial charge >= 0.3 is 0 Å². The van der Waals surface area contributed by atoms with Crippen LogP contribution < -0.4 is 4.90 Å². The summed E-state index contributed by atoms with van der Waals surface area (Å²) >= 11 is 5.34. The Hall–Kier alpha value is -0.290. The van der Waals surface area contributed by atoms with Crippen LogP contribution in [0.5, 0.6) is 0 Å². The molecule has 0 amide bonds. The second kappa shape index (κ2) is 4.70. The Bertz CT molecular complexity index is 337. The summed E-state index contributed by atoms with van der Waals surface area (Å²) < 4.78 is 0. The second-order valence-corrected chi connectivity index (χ2v) is 5.82. The summed E-state index contributed by atoms with van der Waals surface area (Å²) in [4.78, 5) is 11.4. The molecule has 15 heavy (non-hydrogen) atoms. The predicted molar refractivity (Wildman–Crippen MR) is 67.9 cm³/mol. The Balaban J connectivity index is 2.16. The van der Waals surface area contributed by atoms with Crippen molar-refractivity contribution in [2.24, 2.45) is 5.92 Å². The molecule has 1 aromatic rings. The molecule has 0 radical (unpaired) electrons. The highest BCUT2D eigenvalue weighted by atomic mass is 79.9. The first-order valence-electron chi connectivity index (χ1n) is 4.95. The lowest BCUT2D eigenvalue weighted by Crippen LogP contribution is -2.21. The molecule has 82 valence electrons. The van der Waals surface area contributed by atoms with Gasteiger partial charge < -0.3 is 4.90 Å².